The normalized spacial score (nSPS) is 14.5. The number of halogens is 3. The fraction of sp³-hybridized carbons (Fsp3) is 0.531. The Morgan fingerprint density at radius 2 is 1.77 bits per heavy atom. The van der Waals surface area contributed by atoms with Crippen molar-refractivity contribution in [1.29, 1.82) is 0 Å². The number of piperazine rings is 1. The summed E-state index contributed by atoms with van der Waals surface area (Å²) < 4.78 is 62.6. The zero-order chi connectivity index (χ0) is 34.9. The summed E-state index contributed by atoms with van der Waals surface area (Å²) in [7, 11) is 0.0523. The average Bonchev–Trinajstić information content (AvgIpc) is 3.61. The van der Waals surface area contributed by atoms with Gasteiger partial charge in [0, 0.05) is 58.2 Å². The number of methoxy groups -OCH3 is 1. The molecule has 0 bridgehead atoms. The first kappa shape index (κ1) is 35.1. The standard InChI is InChI=1S/C32H43F3N8O4Si/c1-31(2,3)47-30(44)41-12-10-40(11-13-41)23-8-9-25(36-18-23)27-24(17-32(33,34)35)28(43(39-27)21-46-14-15-48(5,6)7)22-16-26(45-4)29-37-20-38-42(29)19-22/h8-9,16,18-20H,10-15,17,21H2,1-7H3. The summed E-state index contributed by atoms with van der Waals surface area (Å²) in [6.45, 7) is 14.6. The van der Waals surface area contributed by atoms with E-state index in [9.17, 15) is 18.0 Å². The molecule has 5 heterocycles. The highest BCUT2D eigenvalue weighted by molar-refractivity contribution is 6.76. The summed E-state index contributed by atoms with van der Waals surface area (Å²) in [6, 6.07) is 6.02. The van der Waals surface area contributed by atoms with Gasteiger partial charge in [-0.1, -0.05) is 19.6 Å². The van der Waals surface area contributed by atoms with Crippen molar-refractivity contribution < 1.29 is 32.2 Å². The zero-order valence-corrected chi connectivity index (χ0v) is 29.5. The van der Waals surface area contributed by atoms with Gasteiger partial charge in [-0.25, -0.2) is 19.0 Å². The molecule has 0 saturated carbocycles. The summed E-state index contributed by atoms with van der Waals surface area (Å²) in [5.74, 6) is 0.353. The second kappa shape index (κ2) is 13.7. The van der Waals surface area contributed by atoms with Crippen molar-refractivity contribution >= 4 is 25.5 Å². The lowest BCUT2D eigenvalue weighted by atomic mass is 10.0. The van der Waals surface area contributed by atoms with Gasteiger partial charge in [-0.2, -0.15) is 23.4 Å². The van der Waals surface area contributed by atoms with E-state index in [2.05, 4.69) is 44.7 Å². The predicted octanol–water partition coefficient (Wildman–Crippen LogP) is 6.14. The first-order chi connectivity index (χ1) is 22.5. The molecule has 0 aliphatic carbocycles. The summed E-state index contributed by atoms with van der Waals surface area (Å²) in [5.41, 5.74) is 1.64. The number of rotatable bonds is 10. The van der Waals surface area contributed by atoms with Crippen molar-refractivity contribution in [2.45, 2.75) is 71.4 Å². The number of aromatic nitrogens is 6. The SMILES string of the molecule is COc1cc(-c2c(CC(F)(F)F)c(-c3ccc(N4CCN(C(=O)OC(C)(C)C)CC4)cn3)nn2COCC[Si](C)(C)C)cn2ncnc12. The second-order valence-corrected chi connectivity index (χ2v) is 19.6. The van der Waals surface area contributed by atoms with E-state index in [1.54, 1.807) is 29.4 Å². The van der Waals surface area contributed by atoms with Gasteiger partial charge in [-0.05, 0) is 45.0 Å². The van der Waals surface area contributed by atoms with Crippen LogP contribution in [0.3, 0.4) is 0 Å². The number of fused-ring (bicyclic) bond motifs is 1. The Labute approximate surface area is 278 Å². The first-order valence-corrected chi connectivity index (χ1v) is 19.5. The van der Waals surface area contributed by atoms with E-state index in [0.717, 1.165) is 11.7 Å². The third-order valence-electron chi connectivity index (χ3n) is 7.76. The molecule has 260 valence electrons. The van der Waals surface area contributed by atoms with Gasteiger partial charge in [0.05, 0.1) is 36.8 Å². The molecule has 1 aliphatic heterocycles. The highest BCUT2D eigenvalue weighted by Crippen LogP contribution is 2.38. The Hall–Kier alpha value is -4.18. The molecule has 5 rings (SSSR count). The molecule has 16 heteroatoms. The minimum atomic E-state index is -4.54. The molecule has 1 fully saturated rings. The third-order valence-corrected chi connectivity index (χ3v) is 9.46. The maximum atomic E-state index is 14.2. The van der Waals surface area contributed by atoms with Gasteiger partial charge >= 0.3 is 12.3 Å². The Kier molecular flexibility index (Phi) is 10.1. The van der Waals surface area contributed by atoms with Gasteiger partial charge in [-0.15, -0.1) is 0 Å². The molecule has 4 aromatic rings. The maximum absolute atomic E-state index is 14.2. The van der Waals surface area contributed by atoms with Crippen molar-refractivity contribution in [2.75, 3.05) is 44.8 Å². The van der Waals surface area contributed by atoms with Crippen LogP contribution in [0.4, 0.5) is 23.7 Å². The number of pyridine rings is 2. The van der Waals surface area contributed by atoms with E-state index in [0.29, 0.717) is 55.4 Å². The van der Waals surface area contributed by atoms with Crippen molar-refractivity contribution in [3.63, 3.8) is 0 Å². The minimum Gasteiger partial charge on any atom is -0.493 e. The first-order valence-electron chi connectivity index (χ1n) is 15.8. The van der Waals surface area contributed by atoms with Crippen LogP contribution in [0, 0.1) is 0 Å². The number of hydrogen-bond donors (Lipinski definition) is 0. The molecule has 1 aliphatic rings. The largest absolute Gasteiger partial charge is 0.493 e. The molecule has 1 saturated heterocycles. The molecule has 12 nitrogen and oxygen atoms in total. The Balaban J connectivity index is 1.49. The number of alkyl halides is 3. The van der Waals surface area contributed by atoms with E-state index < -0.39 is 26.3 Å². The number of amides is 1. The molecule has 1 amide bonds. The van der Waals surface area contributed by atoms with Crippen LogP contribution in [0.1, 0.15) is 26.3 Å². The van der Waals surface area contributed by atoms with Crippen LogP contribution in [0.15, 0.2) is 36.9 Å². The van der Waals surface area contributed by atoms with Crippen LogP contribution in [-0.4, -0.2) is 100 Å². The van der Waals surface area contributed by atoms with Gasteiger partial charge in [0.1, 0.15) is 24.4 Å². The lowest BCUT2D eigenvalue weighted by molar-refractivity contribution is -0.127. The van der Waals surface area contributed by atoms with Crippen LogP contribution in [0.2, 0.25) is 25.7 Å². The Morgan fingerprint density at radius 3 is 2.38 bits per heavy atom. The van der Waals surface area contributed by atoms with E-state index in [4.69, 9.17) is 14.2 Å². The van der Waals surface area contributed by atoms with Crippen LogP contribution in [0.25, 0.3) is 28.3 Å². The lowest BCUT2D eigenvalue weighted by Gasteiger charge is -2.36. The highest BCUT2D eigenvalue weighted by atomic mass is 28.3. The molecule has 0 aromatic carbocycles. The van der Waals surface area contributed by atoms with E-state index in [1.165, 1.54) is 22.6 Å². The second-order valence-electron chi connectivity index (χ2n) is 14.0. The quantitative estimate of drug-likeness (QED) is 0.143. The molecular weight excluding hydrogens is 645 g/mol. The van der Waals surface area contributed by atoms with E-state index in [-0.39, 0.29) is 29.8 Å². The molecule has 4 aromatic heterocycles. The molecule has 0 unspecified atom stereocenters. The topological polar surface area (TPSA) is 112 Å². The average molecular weight is 689 g/mol. The fourth-order valence-corrected chi connectivity index (χ4v) is 6.14. The number of anilines is 1. The fourth-order valence-electron chi connectivity index (χ4n) is 5.38. The lowest BCUT2D eigenvalue weighted by Crippen LogP contribution is -2.50. The van der Waals surface area contributed by atoms with Crippen molar-refractivity contribution in [3.05, 3.63) is 42.5 Å². The molecule has 0 atom stereocenters. The van der Waals surface area contributed by atoms with Crippen LogP contribution >= 0.6 is 0 Å². The molecule has 0 spiro atoms. The number of nitrogens with zero attached hydrogens (tertiary/aromatic N) is 8. The number of carbonyl (C=O) groups is 1. The summed E-state index contributed by atoms with van der Waals surface area (Å²) in [6.07, 6.45) is -1.54. The highest BCUT2D eigenvalue weighted by Gasteiger charge is 2.35. The smallest absolute Gasteiger partial charge is 0.410 e. The Morgan fingerprint density at radius 1 is 1.04 bits per heavy atom. The zero-order valence-electron chi connectivity index (χ0n) is 28.5. The third kappa shape index (κ3) is 8.64. The van der Waals surface area contributed by atoms with E-state index >= 15 is 0 Å². The van der Waals surface area contributed by atoms with Gasteiger partial charge in [0.15, 0.2) is 11.4 Å². The molecular formula is C32H43F3N8O4Si. The van der Waals surface area contributed by atoms with Crippen molar-refractivity contribution in [2.24, 2.45) is 0 Å². The monoisotopic (exact) mass is 688 g/mol. The van der Waals surface area contributed by atoms with Gasteiger partial charge in [0.25, 0.3) is 0 Å². The van der Waals surface area contributed by atoms with Gasteiger partial charge in [0.2, 0.25) is 0 Å². The number of ether oxygens (including phenoxy) is 3. The van der Waals surface area contributed by atoms with Crippen LogP contribution < -0.4 is 9.64 Å². The minimum absolute atomic E-state index is 0.0379. The number of carbonyl (C=O) groups excluding carboxylic acids is 1. The van der Waals surface area contributed by atoms with Gasteiger partial charge < -0.3 is 24.0 Å². The predicted molar refractivity (Wildman–Crippen MR) is 178 cm³/mol. The van der Waals surface area contributed by atoms with Crippen LogP contribution in [0.5, 0.6) is 5.75 Å². The van der Waals surface area contributed by atoms with Crippen molar-refractivity contribution in [1.82, 2.24) is 34.3 Å². The van der Waals surface area contributed by atoms with E-state index in [1.807, 2.05) is 26.8 Å². The molecule has 48 heavy (non-hydrogen) atoms. The summed E-state index contributed by atoms with van der Waals surface area (Å²) in [4.78, 5) is 25.0. The number of hydrogen-bond acceptors (Lipinski definition) is 9. The Bertz CT molecular complexity index is 1720. The van der Waals surface area contributed by atoms with Gasteiger partial charge in [-0.3, -0.25) is 4.98 Å². The van der Waals surface area contributed by atoms with Crippen LogP contribution in [-0.2, 0) is 22.6 Å². The molecule has 0 radical (unpaired) electrons. The maximum Gasteiger partial charge on any atom is 0.410 e. The molecule has 0 N–H and O–H groups in total. The van der Waals surface area contributed by atoms with Crippen molar-refractivity contribution in [3.8, 4) is 28.4 Å². The summed E-state index contributed by atoms with van der Waals surface area (Å²) in [5, 5.41) is 8.88. The summed E-state index contributed by atoms with van der Waals surface area (Å²) >= 11 is 0.